The Labute approximate surface area is 121 Å². The van der Waals surface area contributed by atoms with E-state index in [1.165, 1.54) is 30.2 Å². The van der Waals surface area contributed by atoms with Crippen molar-refractivity contribution in [2.45, 2.75) is 12.1 Å². The van der Waals surface area contributed by atoms with Crippen molar-refractivity contribution < 1.29 is 19.6 Å². The summed E-state index contributed by atoms with van der Waals surface area (Å²) >= 11 is 0. The number of likely N-dealkylation sites (N-methyl/N-ethyl adjacent to an activating group) is 1. The Morgan fingerprint density at radius 3 is 2.76 bits per heavy atom. The van der Waals surface area contributed by atoms with E-state index < -0.39 is 11.0 Å². The molecule has 1 amide bonds. The number of amides is 1. The molecule has 0 radical (unpaired) electrons. The molecular formula is C13H17N3O5. The third-order valence-electron chi connectivity index (χ3n) is 3.59. The summed E-state index contributed by atoms with van der Waals surface area (Å²) in [7, 11) is 2.90. The van der Waals surface area contributed by atoms with Crippen LogP contribution in [-0.2, 0) is 0 Å². The second-order valence-electron chi connectivity index (χ2n) is 4.85. The van der Waals surface area contributed by atoms with Gasteiger partial charge in [0.25, 0.3) is 5.91 Å². The van der Waals surface area contributed by atoms with Crippen molar-refractivity contribution in [3.05, 3.63) is 33.9 Å². The summed E-state index contributed by atoms with van der Waals surface area (Å²) in [6.45, 7) is 0.909. The molecule has 2 N–H and O–H groups in total. The van der Waals surface area contributed by atoms with E-state index in [0.717, 1.165) is 0 Å². The molecule has 1 aromatic rings. The van der Waals surface area contributed by atoms with Gasteiger partial charge in [-0.15, -0.1) is 0 Å². The van der Waals surface area contributed by atoms with Gasteiger partial charge in [0.15, 0.2) is 5.75 Å². The molecule has 114 valence electrons. The van der Waals surface area contributed by atoms with Gasteiger partial charge in [-0.3, -0.25) is 14.9 Å². The van der Waals surface area contributed by atoms with Crippen molar-refractivity contribution in [3.8, 4) is 5.75 Å². The van der Waals surface area contributed by atoms with Crippen molar-refractivity contribution in [2.24, 2.45) is 0 Å². The van der Waals surface area contributed by atoms with Crippen LogP contribution in [0, 0.1) is 10.1 Å². The van der Waals surface area contributed by atoms with E-state index in [4.69, 9.17) is 4.74 Å². The summed E-state index contributed by atoms with van der Waals surface area (Å²) < 4.78 is 4.90. The van der Waals surface area contributed by atoms with Crippen LogP contribution in [0.15, 0.2) is 18.2 Å². The molecule has 1 heterocycles. The molecule has 0 unspecified atom stereocenters. The highest BCUT2D eigenvalue weighted by molar-refractivity contribution is 5.95. The topological polar surface area (TPSA) is 105 Å². The first-order chi connectivity index (χ1) is 9.95. The predicted octanol–water partition coefficient (Wildman–Crippen LogP) is 0.00810. The van der Waals surface area contributed by atoms with Gasteiger partial charge in [-0.05, 0) is 12.1 Å². The van der Waals surface area contributed by atoms with Crippen LogP contribution >= 0.6 is 0 Å². The number of nitrogens with one attached hydrogen (secondary N) is 1. The van der Waals surface area contributed by atoms with Gasteiger partial charge < -0.3 is 20.1 Å². The van der Waals surface area contributed by atoms with Crippen LogP contribution in [0.1, 0.15) is 10.4 Å². The molecule has 2 rings (SSSR count). The zero-order chi connectivity index (χ0) is 15.6. The molecule has 0 saturated carbocycles. The highest BCUT2D eigenvalue weighted by Gasteiger charge is 2.32. The molecule has 0 bridgehead atoms. The van der Waals surface area contributed by atoms with Crippen LogP contribution in [0.3, 0.4) is 0 Å². The SMILES string of the molecule is COc1ccc(C(=O)N(C)[C@@H]2CNC[C@H]2O)cc1[N+](=O)[O-]. The number of methoxy groups -OCH3 is 1. The summed E-state index contributed by atoms with van der Waals surface area (Å²) in [6, 6.07) is 3.70. The number of nitrogens with zero attached hydrogens (tertiary/aromatic N) is 2. The highest BCUT2D eigenvalue weighted by atomic mass is 16.6. The van der Waals surface area contributed by atoms with Gasteiger partial charge in [-0.1, -0.05) is 0 Å². The summed E-state index contributed by atoms with van der Waals surface area (Å²) in [5.41, 5.74) is -0.0778. The maximum absolute atomic E-state index is 12.4. The minimum atomic E-state index is -0.646. The lowest BCUT2D eigenvalue weighted by atomic mass is 10.1. The zero-order valence-electron chi connectivity index (χ0n) is 11.8. The molecule has 8 nitrogen and oxygen atoms in total. The van der Waals surface area contributed by atoms with E-state index >= 15 is 0 Å². The summed E-state index contributed by atoms with van der Waals surface area (Å²) in [6.07, 6.45) is -0.646. The first-order valence-corrected chi connectivity index (χ1v) is 6.44. The summed E-state index contributed by atoms with van der Waals surface area (Å²) in [5, 5.41) is 23.8. The van der Waals surface area contributed by atoms with E-state index in [2.05, 4.69) is 5.32 Å². The first kappa shape index (κ1) is 15.2. The number of nitro groups is 1. The Morgan fingerprint density at radius 2 is 2.24 bits per heavy atom. The lowest BCUT2D eigenvalue weighted by molar-refractivity contribution is -0.385. The van der Waals surface area contributed by atoms with Crippen LogP contribution < -0.4 is 10.1 Å². The highest BCUT2D eigenvalue weighted by Crippen LogP contribution is 2.28. The molecule has 8 heteroatoms. The number of rotatable bonds is 4. The molecule has 0 aliphatic carbocycles. The maximum atomic E-state index is 12.4. The summed E-state index contributed by atoms with van der Waals surface area (Å²) in [5.74, 6) is -0.282. The Morgan fingerprint density at radius 1 is 1.52 bits per heavy atom. The van der Waals surface area contributed by atoms with E-state index in [1.54, 1.807) is 7.05 Å². The normalized spacial score (nSPS) is 21.1. The average Bonchev–Trinajstić information content (AvgIpc) is 2.91. The number of β-amino-alcohol motifs (C(OH)–C–C–N with tert-alkyl or cyclic N) is 1. The molecule has 1 aliphatic rings. The van der Waals surface area contributed by atoms with E-state index in [-0.39, 0.29) is 28.9 Å². The molecule has 2 atom stereocenters. The van der Waals surface area contributed by atoms with Crippen molar-refractivity contribution in [1.82, 2.24) is 10.2 Å². The van der Waals surface area contributed by atoms with Gasteiger partial charge in [0.05, 0.1) is 24.2 Å². The molecule has 0 aromatic heterocycles. The van der Waals surface area contributed by atoms with Crippen LogP contribution in [0.5, 0.6) is 5.75 Å². The fourth-order valence-electron chi connectivity index (χ4n) is 2.37. The lowest BCUT2D eigenvalue weighted by Gasteiger charge is -2.26. The van der Waals surface area contributed by atoms with Gasteiger partial charge in [-0.2, -0.15) is 0 Å². The average molecular weight is 295 g/mol. The van der Waals surface area contributed by atoms with Crippen LogP contribution in [0.25, 0.3) is 0 Å². The van der Waals surface area contributed by atoms with Crippen LogP contribution in [0.4, 0.5) is 5.69 Å². The Kier molecular flexibility index (Phi) is 4.39. The van der Waals surface area contributed by atoms with E-state index in [0.29, 0.717) is 13.1 Å². The zero-order valence-corrected chi connectivity index (χ0v) is 11.8. The molecule has 1 aromatic carbocycles. The van der Waals surface area contributed by atoms with Crippen LogP contribution in [0.2, 0.25) is 0 Å². The minimum absolute atomic E-state index is 0.0989. The summed E-state index contributed by atoms with van der Waals surface area (Å²) in [4.78, 5) is 24.2. The Balaban J connectivity index is 2.26. The van der Waals surface area contributed by atoms with Gasteiger partial charge in [-0.25, -0.2) is 0 Å². The predicted molar refractivity (Wildman–Crippen MR) is 74.4 cm³/mol. The van der Waals surface area contributed by atoms with Crippen LogP contribution in [-0.4, -0.2) is 60.2 Å². The van der Waals surface area contributed by atoms with Crippen molar-refractivity contribution in [2.75, 3.05) is 27.2 Å². The maximum Gasteiger partial charge on any atom is 0.311 e. The Hall–Kier alpha value is -2.19. The molecule has 1 saturated heterocycles. The number of nitro benzene ring substituents is 1. The number of aliphatic hydroxyl groups excluding tert-OH is 1. The second-order valence-corrected chi connectivity index (χ2v) is 4.85. The molecule has 0 spiro atoms. The van der Waals surface area contributed by atoms with E-state index in [1.807, 2.05) is 0 Å². The number of ether oxygens (including phenoxy) is 1. The number of carbonyl (C=O) groups excluding carboxylic acids is 1. The number of carbonyl (C=O) groups is 1. The number of hydrogen-bond acceptors (Lipinski definition) is 6. The smallest absolute Gasteiger partial charge is 0.311 e. The lowest BCUT2D eigenvalue weighted by Crippen LogP contribution is -2.44. The molecule has 1 fully saturated rings. The Bertz CT molecular complexity index is 563. The fraction of sp³-hybridized carbons (Fsp3) is 0.462. The van der Waals surface area contributed by atoms with Gasteiger partial charge in [0, 0.05) is 31.8 Å². The third-order valence-corrected chi connectivity index (χ3v) is 3.59. The largest absolute Gasteiger partial charge is 0.490 e. The van der Waals surface area contributed by atoms with Crippen molar-refractivity contribution in [1.29, 1.82) is 0 Å². The first-order valence-electron chi connectivity index (χ1n) is 6.44. The standard InChI is InChI=1S/C13H17N3O5/c1-15(10-6-14-7-11(10)17)13(18)8-3-4-12(21-2)9(5-8)16(19)20/h3-5,10-11,14,17H,6-7H2,1-2H3/t10-,11-/m1/s1. The molecule has 21 heavy (non-hydrogen) atoms. The monoisotopic (exact) mass is 295 g/mol. The van der Waals surface area contributed by atoms with Gasteiger partial charge in [0.2, 0.25) is 0 Å². The van der Waals surface area contributed by atoms with Crippen molar-refractivity contribution >= 4 is 11.6 Å². The molecule has 1 aliphatic heterocycles. The minimum Gasteiger partial charge on any atom is -0.490 e. The fourth-order valence-corrected chi connectivity index (χ4v) is 2.37. The quantitative estimate of drug-likeness (QED) is 0.599. The number of hydrogen-bond donors (Lipinski definition) is 2. The number of benzene rings is 1. The molecular weight excluding hydrogens is 278 g/mol. The van der Waals surface area contributed by atoms with E-state index in [9.17, 15) is 20.0 Å². The number of aliphatic hydroxyl groups is 1. The van der Waals surface area contributed by atoms with Gasteiger partial charge in [0.1, 0.15) is 0 Å². The second kappa shape index (κ2) is 6.06. The van der Waals surface area contributed by atoms with Crippen molar-refractivity contribution in [3.63, 3.8) is 0 Å². The third kappa shape index (κ3) is 2.96. The van der Waals surface area contributed by atoms with Gasteiger partial charge >= 0.3 is 5.69 Å².